The molecule has 0 fully saturated rings. The number of aromatic nitrogens is 3. The van der Waals surface area contributed by atoms with Crippen LogP contribution >= 0.6 is 11.5 Å². The highest BCUT2D eigenvalue weighted by molar-refractivity contribution is 7.08. The molecule has 0 unspecified atom stereocenters. The Hall–Kier alpha value is -2.30. The van der Waals surface area contributed by atoms with Crippen LogP contribution in [-0.4, -0.2) is 32.2 Å². The van der Waals surface area contributed by atoms with Gasteiger partial charge in [0.15, 0.2) is 0 Å². The third-order valence-electron chi connectivity index (χ3n) is 2.17. The zero-order valence-corrected chi connectivity index (χ0v) is 10.9. The molecule has 1 amide bonds. The van der Waals surface area contributed by atoms with Crippen LogP contribution in [0.4, 0.5) is 5.82 Å². The van der Waals surface area contributed by atoms with Crippen molar-refractivity contribution in [2.24, 2.45) is 0 Å². The van der Waals surface area contributed by atoms with Crippen molar-refractivity contribution in [2.45, 2.75) is 6.92 Å². The normalized spacial score (nSPS) is 9.58. The van der Waals surface area contributed by atoms with Crippen LogP contribution in [0, 0.1) is 18.8 Å². The molecule has 0 aromatic carbocycles. The van der Waals surface area contributed by atoms with Crippen molar-refractivity contribution in [1.29, 1.82) is 0 Å². The Morgan fingerprint density at radius 2 is 2.42 bits per heavy atom. The molecule has 2 heterocycles. The summed E-state index contributed by atoms with van der Waals surface area (Å²) in [5, 5.41) is 15.1. The van der Waals surface area contributed by atoms with Crippen LogP contribution in [0.5, 0.6) is 0 Å². The lowest BCUT2D eigenvalue weighted by Gasteiger charge is -2.02. The predicted molar refractivity (Wildman–Crippen MR) is 70.8 cm³/mol. The van der Waals surface area contributed by atoms with Gasteiger partial charge in [-0.25, -0.2) is 4.98 Å². The maximum Gasteiger partial charge on any atom is 0.270 e. The molecule has 2 aromatic rings. The fourth-order valence-corrected chi connectivity index (χ4v) is 1.88. The number of hydrogen-bond acceptors (Lipinski definition) is 6. The molecule has 96 valence electrons. The Morgan fingerprint density at radius 3 is 3.11 bits per heavy atom. The number of aliphatic hydroxyl groups excluding tert-OH is 1. The Morgan fingerprint density at radius 1 is 1.58 bits per heavy atom. The second-order valence-corrected chi connectivity index (χ2v) is 4.29. The number of aliphatic hydroxyl groups is 1. The van der Waals surface area contributed by atoms with Gasteiger partial charge in [0.05, 0.1) is 5.69 Å². The first-order chi connectivity index (χ1) is 9.20. The van der Waals surface area contributed by atoms with Gasteiger partial charge in [0.2, 0.25) is 0 Å². The highest BCUT2D eigenvalue weighted by Gasteiger charge is 2.13. The van der Waals surface area contributed by atoms with Crippen LogP contribution in [0.1, 0.15) is 20.9 Å². The fraction of sp³-hybridized carbons (Fsp3) is 0.167. The van der Waals surface area contributed by atoms with Crippen molar-refractivity contribution in [3.8, 4) is 11.8 Å². The van der Waals surface area contributed by atoms with Gasteiger partial charge in [-0.2, -0.15) is 0 Å². The number of amides is 1. The molecule has 0 aliphatic carbocycles. The number of nitrogens with zero attached hydrogens (tertiary/aromatic N) is 3. The number of anilines is 1. The number of nitrogens with one attached hydrogen (secondary N) is 1. The molecular weight excluding hydrogens is 264 g/mol. The zero-order valence-electron chi connectivity index (χ0n) is 10.0. The van der Waals surface area contributed by atoms with Gasteiger partial charge in [-0.05, 0) is 30.6 Å². The summed E-state index contributed by atoms with van der Waals surface area (Å²) in [5.41, 5.74) is 1.25. The molecule has 0 spiro atoms. The van der Waals surface area contributed by atoms with E-state index in [1.807, 2.05) is 0 Å². The van der Waals surface area contributed by atoms with E-state index in [9.17, 15) is 4.79 Å². The van der Waals surface area contributed by atoms with Gasteiger partial charge in [-0.1, -0.05) is 16.3 Å². The first-order valence-electron chi connectivity index (χ1n) is 5.37. The summed E-state index contributed by atoms with van der Waals surface area (Å²) in [5.74, 6) is 5.36. The largest absolute Gasteiger partial charge is 0.384 e. The summed E-state index contributed by atoms with van der Waals surface area (Å²) in [6, 6.07) is 3.32. The SMILES string of the molecule is Cc1nnsc1C(=O)Nc1cc(C#CCO)ccn1. The van der Waals surface area contributed by atoms with Crippen LogP contribution in [0.2, 0.25) is 0 Å². The second kappa shape index (κ2) is 6.04. The van der Waals surface area contributed by atoms with Crippen LogP contribution in [0.15, 0.2) is 18.3 Å². The lowest BCUT2D eigenvalue weighted by molar-refractivity contribution is 0.102. The summed E-state index contributed by atoms with van der Waals surface area (Å²) in [6.07, 6.45) is 1.54. The van der Waals surface area contributed by atoms with E-state index in [0.717, 1.165) is 11.5 Å². The van der Waals surface area contributed by atoms with Gasteiger partial charge in [0.25, 0.3) is 5.91 Å². The van der Waals surface area contributed by atoms with Crippen molar-refractivity contribution in [2.75, 3.05) is 11.9 Å². The molecule has 0 aliphatic rings. The second-order valence-electron chi connectivity index (χ2n) is 3.53. The lowest BCUT2D eigenvalue weighted by Crippen LogP contribution is -2.12. The van der Waals surface area contributed by atoms with Crippen LogP contribution in [-0.2, 0) is 0 Å². The molecule has 6 nitrogen and oxygen atoms in total. The molecular formula is C12H10N4O2S. The van der Waals surface area contributed by atoms with E-state index in [2.05, 4.69) is 31.7 Å². The average molecular weight is 274 g/mol. The molecule has 0 radical (unpaired) electrons. The number of rotatable bonds is 2. The van der Waals surface area contributed by atoms with E-state index < -0.39 is 0 Å². The van der Waals surface area contributed by atoms with Crippen LogP contribution in [0.25, 0.3) is 0 Å². The van der Waals surface area contributed by atoms with Gasteiger partial charge >= 0.3 is 0 Å². The molecule has 0 saturated heterocycles. The maximum absolute atomic E-state index is 11.9. The first kappa shape index (κ1) is 13.1. The number of carbonyl (C=O) groups is 1. The molecule has 2 aromatic heterocycles. The molecule has 2 N–H and O–H groups in total. The van der Waals surface area contributed by atoms with Gasteiger partial charge in [-0.3, -0.25) is 4.79 Å². The summed E-state index contributed by atoms with van der Waals surface area (Å²) in [6.45, 7) is 1.50. The van der Waals surface area contributed by atoms with Gasteiger partial charge in [-0.15, -0.1) is 5.10 Å². The summed E-state index contributed by atoms with van der Waals surface area (Å²) in [7, 11) is 0. The minimum Gasteiger partial charge on any atom is -0.384 e. The molecule has 7 heteroatoms. The Labute approximate surface area is 113 Å². The van der Waals surface area contributed by atoms with Gasteiger partial charge < -0.3 is 10.4 Å². The molecule has 0 aliphatic heterocycles. The van der Waals surface area contributed by atoms with Crippen LogP contribution in [0.3, 0.4) is 0 Å². The van der Waals surface area contributed by atoms with E-state index >= 15 is 0 Å². The zero-order chi connectivity index (χ0) is 13.7. The van der Waals surface area contributed by atoms with E-state index in [1.165, 1.54) is 6.20 Å². The van der Waals surface area contributed by atoms with Crippen molar-refractivity contribution in [3.05, 3.63) is 34.5 Å². The predicted octanol–water partition coefficient (Wildman–Crippen LogP) is 0.838. The van der Waals surface area contributed by atoms with E-state index in [0.29, 0.717) is 22.0 Å². The van der Waals surface area contributed by atoms with Crippen molar-refractivity contribution < 1.29 is 9.90 Å². The summed E-state index contributed by atoms with van der Waals surface area (Å²) < 4.78 is 3.70. The maximum atomic E-state index is 11.9. The van der Waals surface area contributed by atoms with Crippen molar-refractivity contribution >= 4 is 23.3 Å². The standard InChI is InChI=1S/C12H10N4O2S/c1-8-11(19-16-15-8)12(18)14-10-7-9(3-2-6-17)4-5-13-10/h4-5,7,17H,6H2,1H3,(H,13,14,18). The number of carbonyl (C=O) groups excluding carboxylic acids is 1. The number of hydrogen-bond donors (Lipinski definition) is 2. The highest BCUT2D eigenvalue weighted by atomic mass is 32.1. The van der Waals surface area contributed by atoms with Gasteiger partial charge in [0.1, 0.15) is 17.3 Å². The summed E-state index contributed by atoms with van der Waals surface area (Å²) >= 11 is 1.03. The topological polar surface area (TPSA) is 88.0 Å². The molecule has 0 atom stereocenters. The van der Waals surface area contributed by atoms with E-state index in [-0.39, 0.29) is 12.5 Å². The third kappa shape index (κ3) is 3.34. The molecule has 0 bridgehead atoms. The van der Waals surface area contributed by atoms with Crippen molar-refractivity contribution in [3.63, 3.8) is 0 Å². The lowest BCUT2D eigenvalue weighted by atomic mass is 10.2. The quantitative estimate of drug-likeness (QED) is 0.792. The first-order valence-corrected chi connectivity index (χ1v) is 6.14. The van der Waals surface area contributed by atoms with Crippen LogP contribution < -0.4 is 5.32 Å². The molecule has 0 saturated carbocycles. The minimum atomic E-state index is -0.299. The molecule has 2 rings (SSSR count). The van der Waals surface area contributed by atoms with Gasteiger partial charge in [0, 0.05) is 11.8 Å². The Balaban J connectivity index is 2.15. The number of aryl methyl sites for hydroxylation is 1. The number of pyridine rings is 1. The highest BCUT2D eigenvalue weighted by Crippen LogP contribution is 2.12. The van der Waals surface area contributed by atoms with E-state index in [1.54, 1.807) is 19.1 Å². The molecule has 19 heavy (non-hydrogen) atoms. The summed E-state index contributed by atoms with van der Waals surface area (Å²) in [4.78, 5) is 16.4. The Bertz CT molecular complexity index is 657. The smallest absolute Gasteiger partial charge is 0.270 e. The average Bonchev–Trinajstić information content (AvgIpc) is 2.83. The Kier molecular flexibility index (Phi) is 4.18. The minimum absolute atomic E-state index is 0.213. The van der Waals surface area contributed by atoms with E-state index in [4.69, 9.17) is 5.11 Å². The monoisotopic (exact) mass is 274 g/mol. The fourth-order valence-electron chi connectivity index (χ4n) is 1.33. The third-order valence-corrected chi connectivity index (χ3v) is 3.00. The van der Waals surface area contributed by atoms with Crippen molar-refractivity contribution in [1.82, 2.24) is 14.6 Å².